The molecule has 0 saturated heterocycles. The summed E-state index contributed by atoms with van der Waals surface area (Å²) in [5.41, 5.74) is 2.56. The minimum atomic E-state index is -0.398. The molecular formula is C17H16FNO. The first-order valence-electron chi connectivity index (χ1n) is 6.89. The predicted molar refractivity (Wildman–Crippen MR) is 77.2 cm³/mol. The van der Waals surface area contributed by atoms with Gasteiger partial charge in [-0.1, -0.05) is 36.4 Å². The Morgan fingerprint density at radius 2 is 1.85 bits per heavy atom. The van der Waals surface area contributed by atoms with Crippen LogP contribution < -0.4 is 5.32 Å². The molecule has 0 fully saturated rings. The molecule has 3 heteroatoms. The standard InChI is InChI=1S/C17H16FNO/c18-15-10-3-4-11-16(15)19-17(20)14-9-5-7-12-6-1-2-8-13(12)14/h1-4,6,8,10-11,14H,5,7,9H2,(H,19,20)/t14-/m1/s1. The zero-order valence-corrected chi connectivity index (χ0v) is 11.1. The molecule has 1 amide bonds. The molecule has 0 saturated carbocycles. The Morgan fingerprint density at radius 1 is 1.10 bits per heavy atom. The number of anilines is 1. The van der Waals surface area contributed by atoms with Crippen molar-refractivity contribution in [3.8, 4) is 0 Å². The molecule has 0 spiro atoms. The molecule has 0 aliphatic heterocycles. The maximum Gasteiger partial charge on any atom is 0.232 e. The highest BCUT2D eigenvalue weighted by Gasteiger charge is 2.26. The van der Waals surface area contributed by atoms with Gasteiger partial charge in [0, 0.05) is 0 Å². The van der Waals surface area contributed by atoms with Gasteiger partial charge in [-0.25, -0.2) is 4.39 Å². The minimum absolute atomic E-state index is 0.123. The highest BCUT2D eigenvalue weighted by Crippen LogP contribution is 2.32. The summed E-state index contributed by atoms with van der Waals surface area (Å²) in [7, 11) is 0. The third-order valence-corrected chi connectivity index (χ3v) is 3.82. The summed E-state index contributed by atoms with van der Waals surface area (Å²) in [6.45, 7) is 0. The van der Waals surface area contributed by atoms with Gasteiger partial charge in [0.15, 0.2) is 0 Å². The van der Waals surface area contributed by atoms with Gasteiger partial charge in [0.2, 0.25) is 5.91 Å². The topological polar surface area (TPSA) is 29.1 Å². The fourth-order valence-electron chi connectivity index (χ4n) is 2.81. The van der Waals surface area contributed by atoms with Crippen molar-refractivity contribution < 1.29 is 9.18 Å². The van der Waals surface area contributed by atoms with Crippen molar-refractivity contribution in [2.24, 2.45) is 0 Å². The van der Waals surface area contributed by atoms with Gasteiger partial charge >= 0.3 is 0 Å². The number of hydrogen-bond acceptors (Lipinski definition) is 1. The van der Waals surface area contributed by atoms with Crippen molar-refractivity contribution in [2.75, 3.05) is 5.32 Å². The van der Waals surface area contributed by atoms with Gasteiger partial charge in [-0.2, -0.15) is 0 Å². The summed E-state index contributed by atoms with van der Waals surface area (Å²) in [6, 6.07) is 14.3. The van der Waals surface area contributed by atoms with Crippen molar-refractivity contribution in [2.45, 2.75) is 25.2 Å². The third kappa shape index (κ3) is 2.44. The van der Waals surface area contributed by atoms with E-state index < -0.39 is 5.82 Å². The molecule has 0 aromatic heterocycles. The van der Waals surface area contributed by atoms with Crippen molar-refractivity contribution in [1.29, 1.82) is 0 Å². The zero-order valence-electron chi connectivity index (χ0n) is 11.1. The number of fused-ring (bicyclic) bond motifs is 1. The maximum atomic E-state index is 13.6. The van der Waals surface area contributed by atoms with E-state index >= 15 is 0 Å². The maximum absolute atomic E-state index is 13.6. The second-order valence-corrected chi connectivity index (χ2v) is 5.11. The van der Waals surface area contributed by atoms with Crippen LogP contribution in [0, 0.1) is 5.82 Å². The molecule has 2 aromatic carbocycles. The summed E-state index contributed by atoms with van der Waals surface area (Å²) < 4.78 is 13.6. The molecule has 1 aliphatic carbocycles. The van der Waals surface area contributed by atoms with Gasteiger partial charge in [0.1, 0.15) is 5.82 Å². The molecule has 3 rings (SSSR count). The van der Waals surface area contributed by atoms with Crippen LogP contribution in [0.4, 0.5) is 10.1 Å². The van der Waals surface area contributed by atoms with Gasteiger partial charge < -0.3 is 5.32 Å². The second-order valence-electron chi connectivity index (χ2n) is 5.11. The summed E-state index contributed by atoms with van der Waals surface area (Å²) in [5, 5.41) is 2.71. The Hall–Kier alpha value is -2.16. The van der Waals surface area contributed by atoms with Crippen LogP contribution in [0.1, 0.15) is 29.9 Å². The molecule has 0 bridgehead atoms. The van der Waals surface area contributed by atoms with E-state index in [1.807, 2.05) is 18.2 Å². The number of benzene rings is 2. The third-order valence-electron chi connectivity index (χ3n) is 3.82. The Labute approximate surface area is 117 Å². The highest BCUT2D eigenvalue weighted by molar-refractivity contribution is 5.96. The summed E-state index contributed by atoms with van der Waals surface area (Å²) in [5.74, 6) is -0.702. The van der Waals surface area contributed by atoms with Gasteiger partial charge in [0.25, 0.3) is 0 Å². The Kier molecular flexibility index (Phi) is 3.50. The van der Waals surface area contributed by atoms with Crippen LogP contribution >= 0.6 is 0 Å². The normalized spacial score (nSPS) is 17.4. The number of carbonyl (C=O) groups excluding carboxylic acids is 1. The first-order chi connectivity index (χ1) is 9.75. The molecule has 1 aliphatic rings. The fraction of sp³-hybridized carbons (Fsp3) is 0.235. The number of halogens is 1. The van der Waals surface area contributed by atoms with Crippen molar-refractivity contribution in [1.82, 2.24) is 0 Å². The van der Waals surface area contributed by atoms with E-state index in [0.29, 0.717) is 0 Å². The van der Waals surface area contributed by atoms with Crippen LogP contribution in [0.5, 0.6) is 0 Å². The number of carbonyl (C=O) groups is 1. The van der Waals surface area contributed by atoms with Gasteiger partial charge in [0.05, 0.1) is 11.6 Å². The molecule has 1 atom stereocenters. The summed E-state index contributed by atoms with van der Waals surface area (Å²) in [6.07, 6.45) is 2.82. The minimum Gasteiger partial charge on any atom is -0.323 e. The lowest BCUT2D eigenvalue weighted by Gasteiger charge is -2.24. The van der Waals surface area contributed by atoms with Crippen LogP contribution in [0.15, 0.2) is 48.5 Å². The number of aryl methyl sites for hydroxylation is 1. The molecule has 1 N–H and O–H groups in total. The van der Waals surface area contributed by atoms with E-state index in [9.17, 15) is 9.18 Å². The van der Waals surface area contributed by atoms with E-state index in [4.69, 9.17) is 0 Å². The lowest BCUT2D eigenvalue weighted by atomic mass is 9.82. The van der Waals surface area contributed by atoms with E-state index in [0.717, 1.165) is 24.8 Å². The van der Waals surface area contributed by atoms with Crippen molar-refractivity contribution >= 4 is 11.6 Å². The monoisotopic (exact) mass is 269 g/mol. The van der Waals surface area contributed by atoms with Crippen LogP contribution in [0.3, 0.4) is 0 Å². The van der Waals surface area contributed by atoms with Crippen molar-refractivity contribution in [3.63, 3.8) is 0 Å². The van der Waals surface area contributed by atoms with Gasteiger partial charge in [-0.15, -0.1) is 0 Å². The average Bonchev–Trinajstić information content (AvgIpc) is 2.49. The zero-order chi connectivity index (χ0) is 13.9. The molecule has 0 unspecified atom stereocenters. The number of nitrogens with one attached hydrogen (secondary N) is 1. The number of amides is 1. The Bertz CT molecular complexity index is 638. The van der Waals surface area contributed by atoms with E-state index in [2.05, 4.69) is 11.4 Å². The van der Waals surface area contributed by atoms with E-state index in [1.54, 1.807) is 18.2 Å². The SMILES string of the molecule is O=C(Nc1ccccc1F)[C@@H]1CCCc2ccccc21. The van der Waals surface area contributed by atoms with Crippen LogP contribution in [-0.4, -0.2) is 5.91 Å². The molecule has 0 radical (unpaired) electrons. The quantitative estimate of drug-likeness (QED) is 0.880. The molecule has 0 heterocycles. The van der Waals surface area contributed by atoms with Gasteiger partial charge in [-0.05, 0) is 42.5 Å². The van der Waals surface area contributed by atoms with Crippen LogP contribution in [0.2, 0.25) is 0 Å². The highest BCUT2D eigenvalue weighted by atomic mass is 19.1. The lowest BCUT2D eigenvalue weighted by Crippen LogP contribution is -2.25. The molecular weight excluding hydrogens is 253 g/mol. The largest absolute Gasteiger partial charge is 0.323 e. The number of rotatable bonds is 2. The average molecular weight is 269 g/mol. The van der Waals surface area contributed by atoms with E-state index in [-0.39, 0.29) is 17.5 Å². The van der Waals surface area contributed by atoms with Crippen LogP contribution in [0.25, 0.3) is 0 Å². The first kappa shape index (κ1) is 12.9. The lowest BCUT2D eigenvalue weighted by molar-refractivity contribution is -0.117. The second kappa shape index (κ2) is 5.45. The van der Waals surface area contributed by atoms with E-state index in [1.165, 1.54) is 11.6 Å². The number of para-hydroxylation sites is 1. The Morgan fingerprint density at radius 3 is 2.70 bits per heavy atom. The van der Waals surface area contributed by atoms with Crippen LogP contribution in [-0.2, 0) is 11.2 Å². The molecule has 102 valence electrons. The van der Waals surface area contributed by atoms with Crippen molar-refractivity contribution in [3.05, 3.63) is 65.5 Å². The van der Waals surface area contributed by atoms with Gasteiger partial charge in [-0.3, -0.25) is 4.79 Å². The first-order valence-corrected chi connectivity index (χ1v) is 6.89. The molecule has 2 nitrogen and oxygen atoms in total. The fourth-order valence-corrected chi connectivity index (χ4v) is 2.81. The smallest absolute Gasteiger partial charge is 0.232 e. The summed E-state index contributed by atoms with van der Waals surface area (Å²) in [4.78, 5) is 12.4. The Balaban J connectivity index is 1.84. The molecule has 20 heavy (non-hydrogen) atoms. The number of hydrogen-bond donors (Lipinski definition) is 1. The predicted octanol–water partition coefficient (Wildman–Crippen LogP) is 3.88. The molecule has 2 aromatic rings. The summed E-state index contributed by atoms with van der Waals surface area (Å²) >= 11 is 0.